The SMILES string of the molecule is CC(=O)N[C@H]1CCCCNC(=O)CCC[C@@H](C(N)=O)NC(=O)[C@H]([C@@H](C)O)NC(=O)[C@](C)(C(C)C)NC(=O)[C@H](Cc2ccc(O)cc2)NC(=O)[C@H](C)NC(=O)C(C)(C)NC(=O)[C@H](Cc2c[nH]c3ncccc23)NC(=O)[C@H]([C@@H](C)O)NC(=O)[C@H]2C[C@@H]3CN2C(=O)[C@H](Cc2ccc(O)cc2)NC(=O)[C@@H](NC1=O)C(C)(C)SCc1cccc(c1)CCS3. The van der Waals surface area contributed by atoms with Gasteiger partial charge in [0.15, 0.2) is 0 Å². The Labute approximate surface area is 693 Å². The summed E-state index contributed by atoms with van der Waals surface area (Å²) in [4.78, 5) is 212. The van der Waals surface area contributed by atoms with E-state index in [1.165, 1.54) is 119 Å². The average Bonchev–Trinajstić information content (AvgIpc) is 1.52. The summed E-state index contributed by atoms with van der Waals surface area (Å²) in [6, 6.07) is 7.39. The maximum atomic E-state index is 15.8. The minimum absolute atomic E-state index is 0.00517. The molecule has 34 nitrogen and oxygen atoms in total. The third-order valence-electron chi connectivity index (χ3n) is 21.4. The number of phenolic OH excluding ortho intramolecular Hbond substituents is 2. The molecule has 0 unspecified atom stereocenters. The van der Waals surface area contributed by atoms with Crippen LogP contribution < -0.4 is 69.5 Å². The van der Waals surface area contributed by atoms with Crippen LogP contribution in [0.4, 0.5) is 0 Å². The minimum atomic E-state index is -1.94. The molecular weight excluding hydrogens is 1560 g/mol. The highest BCUT2D eigenvalue weighted by molar-refractivity contribution is 8.00. The quantitative estimate of drug-likeness (QED) is 0.0857. The average molecular weight is 1670 g/mol. The second-order valence-corrected chi connectivity index (χ2v) is 35.0. The molecule has 640 valence electrons. The van der Waals surface area contributed by atoms with Gasteiger partial charge < -0.3 is 99.8 Å². The lowest BCUT2D eigenvalue weighted by Gasteiger charge is -2.36. The summed E-state index contributed by atoms with van der Waals surface area (Å²) in [6.45, 7) is 15.5. The van der Waals surface area contributed by atoms with Crippen LogP contribution in [0, 0.1) is 5.92 Å². The van der Waals surface area contributed by atoms with Crippen LogP contribution in [-0.2, 0) is 98.6 Å². The largest absolute Gasteiger partial charge is 0.508 e. The number of aromatic nitrogens is 2. The Bertz CT molecular complexity index is 4470. The second kappa shape index (κ2) is 41.5. The predicted octanol–water partition coefficient (Wildman–Crippen LogP) is 0.519. The summed E-state index contributed by atoms with van der Waals surface area (Å²) in [6.07, 6.45) is -0.316. The molecule has 14 amide bonds. The lowest BCUT2D eigenvalue weighted by molar-refractivity contribution is -0.143. The molecule has 2 saturated heterocycles. The summed E-state index contributed by atoms with van der Waals surface area (Å²) in [5.41, 5.74) is 5.46. The Kier molecular flexibility index (Phi) is 32.6. The number of rotatable bonds is 11. The van der Waals surface area contributed by atoms with Gasteiger partial charge in [0.2, 0.25) is 82.7 Å². The Morgan fingerprint density at radius 1 is 0.627 bits per heavy atom. The van der Waals surface area contributed by atoms with Crippen molar-refractivity contribution in [3.8, 4) is 11.5 Å². The van der Waals surface area contributed by atoms with E-state index in [9.17, 15) is 63.6 Å². The van der Waals surface area contributed by atoms with Crippen LogP contribution in [0.1, 0.15) is 149 Å². The highest BCUT2D eigenvalue weighted by Gasteiger charge is 2.48. The van der Waals surface area contributed by atoms with Gasteiger partial charge in [-0.25, -0.2) is 4.98 Å². The number of nitrogens with one attached hydrogen (secondary N) is 13. The van der Waals surface area contributed by atoms with Gasteiger partial charge in [-0.2, -0.15) is 11.8 Å². The summed E-state index contributed by atoms with van der Waals surface area (Å²) in [5.74, 6) is -12.4. The van der Waals surface area contributed by atoms with Crippen molar-refractivity contribution < 1.29 is 87.5 Å². The number of carbonyl (C=O) groups excluding carboxylic acids is 14. The zero-order valence-corrected chi connectivity index (χ0v) is 69.9. The highest BCUT2D eigenvalue weighted by atomic mass is 32.2. The lowest BCUT2D eigenvalue weighted by Crippen LogP contribution is -2.67. The number of nitrogens with two attached hydrogens (primary N) is 1. The van der Waals surface area contributed by atoms with E-state index in [2.05, 4.69) is 73.8 Å². The zero-order chi connectivity index (χ0) is 86.7. The number of primary amides is 1. The molecule has 19 N–H and O–H groups in total. The van der Waals surface area contributed by atoms with E-state index in [1.54, 1.807) is 58.2 Å². The van der Waals surface area contributed by atoms with Crippen LogP contribution in [0.5, 0.6) is 11.5 Å². The van der Waals surface area contributed by atoms with E-state index in [-0.39, 0.29) is 88.8 Å². The second-order valence-electron chi connectivity index (χ2n) is 32.0. The maximum absolute atomic E-state index is 15.8. The number of aromatic amines is 1. The van der Waals surface area contributed by atoms with Crippen molar-refractivity contribution >= 4 is 117 Å². The van der Waals surface area contributed by atoms with E-state index >= 15 is 24.0 Å². The Morgan fingerprint density at radius 2 is 1.23 bits per heavy atom. The van der Waals surface area contributed by atoms with Crippen molar-refractivity contribution in [1.82, 2.24) is 78.7 Å². The molecule has 5 bridgehead atoms. The van der Waals surface area contributed by atoms with Crippen LogP contribution >= 0.6 is 23.5 Å². The van der Waals surface area contributed by atoms with E-state index in [4.69, 9.17) is 5.73 Å². The van der Waals surface area contributed by atoms with Crippen LogP contribution in [0.15, 0.2) is 97.3 Å². The third kappa shape index (κ3) is 25.6. The number of benzene rings is 3. The fourth-order valence-electron chi connectivity index (χ4n) is 13.9. The number of phenols is 2. The number of thioether (sulfide) groups is 2. The van der Waals surface area contributed by atoms with Gasteiger partial charge in [0.05, 0.1) is 12.2 Å². The van der Waals surface area contributed by atoms with E-state index in [1.807, 2.05) is 24.3 Å². The number of aliphatic hydroxyl groups excluding tert-OH is 2. The van der Waals surface area contributed by atoms with Crippen molar-refractivity contribution in [2.24, 2.45) is 11.7 Å². The van der Waals surface area contributed by atoms with Gasteiger partial charge in [0.1, 0.15) is 88.6 Å². The van der Waals surface area contributed by atoms with Gasteiger partial charge in [0.25, 0.3) is 0 Å². The normalized spacial score (nSPS) is 26.7. The first-order chi connectivity index (χ1) is 55.6. The number of pyridine rings is 1. The summed E-state index contributed by atoms with van der Waals surface area (Å²) in [5, 5.41) is 75.4. The first-order valence-electron chi connectivity index (χ1n) is 39.5. The van der Waals surface area contributed by atoms with Crippen molar-refractivity contribution in [1.29, 1.82) is 0 Å². The summed E-state index contributed by atoms with van der Waals surface area (Å²) >= 11 is 2.84. The lowest BCUT2D eigenvalue weighted by atomic mass is 9.86. The predicted molar refractivity (Wildman–Crippen MR) is 441 cm³/mol. The number of nitrogens with zero attached hydrogens (tertiary/aromatic N) is 2. The molecule has 2 aromatic heterocycles. The highest BCUT2D eigenvalue weighted by Crippen LogP contribution is 2.35. The topological polar surface area (TPSA) is 522 Å². The molecule has 14 atom stereocenters. The molecule has 5 heterocycles. The number of amides is 14. The van der Waals surface area contributed by atoms with Gasteiger partial charge in [-0.05, 0) is 176 Å². The van der Waals surface area contributed by atoms with Gasteiger partial charge in [-0.1, -0.05) is 62.4 Å². The van der Waals surface area contributed by atoms with E-state index < -0.39 is 182 Å². The number of hydrogen-bond donors (Lipinski definition) is 18. The monoisotopic (exact) mass is 1670 g/mol. The fourth-order valence-corrected chi connectivity index (χ4v) is 16.2. The van der Waals surface area contributed by atoms with Crippen molar-refractivity contribution in [2.75, 3.05) is 18.8 Å². The van der Waals surface area contributed by atoms with Crippen LogP contribution in [0.3, 0.4) is 0 Å². The number of carbonyl (C=O) groups is 14. The van der Waals surface area contributed by atoms with Crippen molar-refractivity contribution in [2.45, 2.75) is 246 Å². The number of H-pyrrole nitrogens is 1. The Morgan fingerprint density at radius 3 is 1.86 bits per heavy atom. The first-order valence-corrected chi connectivity index (χ1v) is 41.5. The van der Waals surface area contributed by atoms with Gasteiger partial charge in [0, 0.05) is 79.2 Å². The van der Waals surface area contributed by atoms with Crippen molar-refractivity contribution in [3.63, 3.8) is 0 Å². The maximum Gasteiger partial charge on any atom is 0.246 e. The molecule has 3 aromatic carbocycles. The molecule has 2 fully saturated rings. The van der Waals surface area contributed by atoms with Gasteiger partial charge >= 0.3 is 0 Å². The summed E-state index contributed by atoms with van der Waals surface area (Å²) in [7, 11) is 0. The number of hydrogen-bond acceptors (Lipinski definition) is 21. The molecule has 0 radical (unpaired) electrons. The molecule has 118 heavy (non-hydrogen) atoms. The van der Waals surface area contributed by atoms with E-state index in [0.717, 1.165) is 11.1 Å². The molecular formula is C82H112N16O18S2. The molecule has 8 rings (SSSR count). The van der Waals surface area contributed by atoms with Gasteiger partial charge in [-0.3, -0.25) is 67.1 Å². The Hall–Kier alpha value is -10.9. The molecule has 5 aromatic rings. The zero-order valence-electron chi connectivity index (χ0n) is 68.2. The molecule has 0 aliphatic carbocycles. The fraction of sp³-hybridized carbons (Fsp3) is 0.524. The number of aromatic hydroxyl groups is 2. The van der Waals surface area contributed by atoms with Crippen LogP contribution in [0.25, 0.3) is 11.0 Å². The number of aryl methyl sites for hydroxylation is 1. The van der Waals surface area contributed by atoms with Gasteiger partial charge in [-0.15, -0.1) is 11.8 Å². The number of aliphatic hydroxyl groups is 2. The Balaban J connectivity index is 1.16. The van der Waals surface area contributed by atoms with Crippen LogP contribution in [-0.4, -0.2) is 231 Å². The van der Waals surface area contributed by atoms with E-state index in [0.29, 0.717) is 45.7 Å². The number of fused-ring (bicyclic) bond motifs is 8. The smallest absolute Gasteiger partial charge is 0.246 e. The van der Waals surface area contributed by atoms with Crippen LogP contribution in [0.2, 0.25) is 0 Å². The molecule has 3 aliphatic rings. The molecule has 0 saturated carbocycles. The van der Waals surface area contributed by atoms with Crippen molar-refractivity contribution in [3.05, 3.63) is 125 Å². The third-order valence-corrected chi connectivity index (χ3v) is 24.1. The molecule has 36 heteroatoms. The molecule has 3 aliphatic heterocycles. The minimum Gasteiger partial charge on any atom is -0.508 e. The first kappa shape index (κ1) is 92.7. The molecule has 0 spiro atoms. The summed E-state index contributed by atoms with van der Waals surface area (Å²) < 4.78 is -1.20. The standard InChI is InChI=1S/C82H112N16O18S2/c1-43(2)82(11)79(116)94-65(46(5)100)75(112)89-57(67(83)105)21-15-22-63(104)84-32-13-12-20-58(88-47(6)101)70(107)95-66-76(113)92-61(37-50-25-29-54(103)30-26-50)77(114)98-41-55(117-34-31-48-17-14-18-51(35-48)42-118-81(66,9)10)39-62(98)73(110)93-64(45(4)99)74(111)91-60(38-52-40-86-68-56(52)19-16-33-85-68)71(108)96-80(7,8)78(115)87-44(3)69(106)90-59(72(109)97-82)36-49-23-27-53(102)28-24-49/h14,16-19,23-30,33,35,40,43-46,55,57-62,64-66,99-100,102-103H,12-13,15,20-22,31-32,34,36-39,41-42H2,1-11H3,(H2,83,105)(H,84,104)(H,85,86)(H,87,115)(H,88,101)(H,89,112)(H,90,106)(H,91,111)(H,92,113)(H,93,110)(H,94,116)(H,95,107)(H,96,108)(H,97,109)/t44-,45+,46+,55+,57-,58-,59-,60-,61-,62+,64-,65-,66+,82-/m0/s1.